The minimum Gasteiger partial charge on any atom is -0.370 e. The summed E-state index contributed by atoms with van der Waals surface area (Å²) in [7, 11) is 1.91. The number of anilines is 3. The predicted octanol–water partition coefficient (Wildman–Crippen LogP) is 3.21. The summed E-state index contributed by atoms with van der Waals surface area (Å²) < 4.78 is 1.80. The van der Waals surface area contributed by atoms with E-state index in [-0.39, 0.29) is 0 Å². The molecule has 2 N–H and O–H groups in total. The molecule has 6 nitrogen and oxygen atoms in total. The highest BCUT2D eigenvalue weighted by Crippen LogP contribution is 2.30. The van der Waals surface area contributed by atoms with Crippen LogP contribution in [0.5, 0.6) is 0 Å². The largest absolute Gasteiger partial charge is 0.370 e. The molecule has 0 spiro atoms. The number of hydrogen-bond acceptors (Lipinski definition) is 5. The third-order valence-electron chi connectivity index (χ3n) is 3.27. The van der Waals surface area contributed by atoms with Crippen molar-refractivity contribution < 1.29 is 0 Å². The molecule has 0 aliphatic heterocycles. The number of nitrogens with one attached hydrogen (secondary N) is 2. The Balaban J connectivity index is 2.36. The smallest absolute Gasteiger partial charge is 0.139 e. The van der Waals surface area contributed by atoms with Crippen LogP contribution in [-0.4, -0.2) is 26.3 Å². The molecule has 0 radical (unpaired) electrons. The highest BCUT2D eigenvalue weighted by Gasteiger charge is 2.16. The molecule has 0 saturated carbocycles. The van der Waals surface area contributed by atoms with Gasteiger partial charge in [0.15, 0.2) is 0 Å². The molecule has 0 fully saturated rings. The highest BCUT2D eigenvalue weighted by molar-refractivity contribution is 5.66. The second-order valence-electron chi connectivity index (χ2n) is 5.49. The first kappa shape index (κ1) is 15.3. The van der Waals surface area contributed by atoms with Gasteiger partial charge in [-0.2, -0.15) is 5.10 Å². The maximum atomic E-state index is 4.42. The molecule has 0 bridgehead atoms. The Morgan fingerprint density at radius 2 is 1.95 bits per heavy atom. The Kier molecular flexibility index (Phi) is 4.77. The molecular weight excluding hydrogens is 264 g/mol. The molecule has 0 aliphatic rings. The van der Waals surface area contributed by atoms with Crippen LogP contribution in [0.15, 0.2) is 12.5 Å². The van der Waals surface area contributed by atoms with Crippen LogP contribution in [0.2, 0.25) is 0 Å². The number of hydrogen-bond donors (Lipinski definition) is 2. The van der Waals surface area contributed by atoms with E-state index in [0.29, 0.717) is 5.92 Å². The Hall–Kier alpha value is -2.11. The van der Waals surface area contributed by atoms with Crippen LogP contribution in [-0.2, 0) is 7.05 Å². The number of rotatable bonds is 6. The summed E-state index contributed by atoms with van der Waals surface area (Å²) in [5.41, 5.74) is 3.03. The van der Waals surface area contributed by atoms with Crippen LogP contribution in [0.4, 0.5) is 17.3 Å². The minimum absolute atomic E-state index is 0.324. The minimum atomic E-state index is 0.324. The summed E-state index contributed by atoms with van der Waals surface area (Å²) in [5.74, 6) is 2.07. The van der Waals surface area contributed by atoms with Gasteiger partial charge in [0.1, 0.15) is 18.0 Å². The molecule has 0 saturated heterocycles. The summed E-state index contributed by atoms with van der Waals surface area (Å²) in [5, 5.41) is 11.1. The lowest BCUT2D eigenvalue weighted by Crippen LogP contribution is -2.10. The van der Waals surface area contributed by atoms with Gasteiger partial charge in [0.2, 0.25) is 0 Å². The lowest BCUT2D eigenvalue weighted by Gasteiger charge is -2.17. The molecule has 6 heteroatoms. The number of aryl methyl sites for hydroxylation is 2. The van der Waals surface area contributed by atoms with Crippen LogP contribution in [0.3, 0.4) is 0 Å². The van der Waals surface area contributed by atoms with Gasteiger partial charge in [-0.3, -0.25) is 4.68 Å². The maximum absolute atomic E-state index is 4.42. The maximum Gasteiger partial charge on any atom is 0.139 e. The van der Waals surface area contributed by atoms with Crippen molar-refractivity contribution in [2.24, 2.45) is 7.05 Å². The molecule has 114 valence electrons. The molecule has 0 aromatic carbocycles. The normalized spacial score (nSPS) is 11.0. The zero-order valence-electron chi connectivity index (χ0n) is 13.4. The molecular formula is C15H24N6. The van der Waals surface area contributed by atoms with Gasteiger partial charge in [-0.1, -0.05) is 20.8 Å². The average Bonchev–Trinajstić information content (AvgIpc) is 2.74. The fraction of sp³-hybridized carbons (Fsp3) is 0.533. The molecule has 2 heterocycles. The van der Waals surface area contributed by atoms with E-state index in [1.54, 1.807) is 11.0 Å². The van der Waals surface area contributed by atoms with Crippen molar-refractivity contribution in [3.63, 3.8) is 0 Å². The molecule has 2 rings (SSSR count). The topological polar surface area (TPSA) is 67.7 Å². The highest BCUT2D eigenvalue weighted by atomic mass is 15.3. The Morgan fingerprint density at radius 3 is 2.52 bits per heavy atom. The molecule has 2 aromatic heterocycles. The van der Waals surface area contributed by atoms with Gasteiger partial charge in [-0.25, -0.2) is 9.97 Å². The SMILES string of the molecule is CCCNc1ncnc(Nc2cn(C)nc2C)c1C(C)C. The molecule has 0 unspecified atom stereocenters. The van der Waals surface area contributed by atoms with Crippen molar-refractivity contribution in [3.8, 4) is 0 Å². The van der Waals surface area contributed by atoms with Gasteiger partial charge < -0.3 is 10.6 Å². The van der Waals surface area contributed by atoms with Crippen molar-refractivity contribution in [3.05, 3.63) is 23.8 Å². The van der Waals surface area contributed by atoms with Crippen molar-refractivity contribution >= 4 is 17.3 Å². The monoisotopic (exact) mass is 288 g/mol. The lowest BCUT2D eigenvalue weighted by atomic mass is 10.0. The van der Waals surface area contributed by atoms with Gasteiger partial charge in [0.25, 0.3) is 0 Å². The summed E-state index contributed by atoms with van der Waals surface area (Å²) in [6, 6.07) is 0. The van der Waals surface area contributed by atoms with Gasteiger partial charge in [-0.15, -0.1) is 0 Å². The number of nitrogens with zero attached hydrogens (tertiary/aromatic N) is 4. The first-order valence-electron chi connectivity index (χ1n) is 7.39. The second-order valence-corrected chi connectivity index (χ2v) is 5.49. The second kappa shape index (κ2) is 6.56. The van der Waals surface area contributed by atoms with Crippen LogP contribution in [0.25, 0.3) is 0 Å². The van der Waals surface area contributed by atoms with Gasteiger partial charge in [0.05, 0.1) is 11.4 Å². The molecule has 0 atom stereocenters. The fourth-order valence-electron chi connectivity index (χ4n) is 2.28. The molecule has 21 heavy (non-hydrogen) atoms. The molecule has 0 aliphatic carbocycles. The van der Waals surface area contributed by atoms with Crippen LogP contribution in [0, 0.1) is 6.92 Å². The summed E-state index contributed by atoms with van der Waals surface area (Å²) in [6.45, 7) is 9.33. The average molecular weight is 288 g/mol. The molecule has 0 amide bonds. The van der Waals surface area contributed by atoms with E-state index in [1.807, 2.05) is 20.2 Å². The third kappa shape index (κ3) is 3.51. The van der Waals surface area contributed by atoms with Crippen LogP contribution < -0.4 is 10.6 Å². The van der Waals surface area contributed by atoms with Gasteiger partial charge >= 0.3 is 0 Å². The fourth-order valence-corrected chi connectivity index (χ4v) is 2.28. The third-order valence-corrected chi connectivity index (χ3v) is 3.27. The van der Waals surface area contributed by atoms with Crippen molar-refractivity contribution in [1.29, 1.82) is 0 Å². The Morgan fingerprint density at radius 1 is 1.24 bits per heavy atom. The summed E-state index contributed by atoms with van der Waals surface area (Å²) >= 11 is 0. The van der Waals surface area contributed by atoms with E-state index in [4.69, 9.17) is 0 Å². The van der Waals surface area contributed by atoms with E-state index in [1.165, 1.54) is 0 Å². The number of aromatic nitrogens is 4. The van der Waals surface area contributed by atoms with Crippen LogP contribution in [0.1, 0.15) is 44.4 Å². The summed E-state index contributed by atoms with van der Waals surface area (Å²) in [6.07, 6.45) is 4.62. The van der Waals surface area contributed by atoms with E-state index < -0.39 is 0 Å². The predicted molar refractivity (Wildman–Crippen MR) is 86.1 cm³/mol. The Bertz CT molecular complexity index is 602. The van der Waals surface area contributed by atoms with Crippen molar-refractivity contribution in [1.82, 2.24) is 19.7 Å². The van der Waals surface area contributed by atoms with Gasteiger partial charge in [-0.05, 0) is 19.3 Å². The molecule has 2 aromatic rings. The first-order valence-corrected chi connectivity index (χ1v) is 7.39. The van der Waals surface area contributed by atoms with E-state index >= 15 is 0 Å². The van der Waals surface area contributed by atoms with Crippen LogP contribution >= 0.6 is 0 Å². The standard InChI is InChI=1S/C15H24N6/c1-6-7-16-14-13(10(2)3)15(18-9-17-14)19-12-8-21(5)20-11(12)4/h8-10H,6-7H2,1-5H3,(H2,16,17,18,19). The van der Waals surface area contributed by atoms with E-state index in [9.17, 15) is 0 Å². The van der Waals surface area contributed by atoms with Crippen molar-refractivity contribution in [2.45, 2.75) is 40.0 Å². The Labute approximate surface area is 126 Å². The zero-order chi connectivity index (χ0) is 15.4. The first-order chi connectivity index (χ1) is 10.0. The van der Waals surface area contributed by atoms with Gasteiger partial charge in [0, 0.05) is 25.4 Å². The van der Waals surface area contributed by atoms with E-state index in [2.05, 4.69) is 46.5 Å². The van der Waals surface area contributed by atoms with E-state index in [0.717, 1.165) is 41.5 Å². The summed E-state index contributed by atoms with van der Waals surface area (Å²) in [4.78, 5) is 8.80. The zero-order valence-corrected chi connectivity index (χ0v) is 13.4. The quantitative estimate of drug-likeness (QED) is 0.854. The van der Waals surface area contributed by atoms with Crippen molar-refractivity contribution in [2.75, 3.05) is 17.2 Å². The lowest BCUT2D eigenvalue weighted by molar-refractivity contribution is 0.756.